The molecule has 0 unspecified atom stereocenters. The Morgan fingerprint density at radius 1 is 1.45 bits per heavy atom. The number of anilines is 1. The number of fused-ring (bicyclic) bond motifs is 1. The van der Waals surface area contributed by atoms with Crippen LogP contribution >= 0.6 is 22.6 Å². The molecule has 2 aromatic rings. The number of nitrogens with zero attached hydrogens (tertiary/aromatic N) is 2. The van der Waals surface area contributed by atoms with Gasteiger partial charge in [-0.15, -0.1) is 0 Å². The number of nitrogen functional groups attached to an aromatic ring is 1. The minimum atomic E-state index is -0.0798. The standard InChI is InChI=1S/C13H12IN3O3/c14-11-3-16-6-17(13(11)18)4-8-1-10(15)2-9-5-19-7-20-12(8)9/h1-3,6H,4-5,7,15H2. The zero-order valence-electron chi connectivity index (χ0n) is 10.5. The van der Waals surface area contributed by atoms with Crippen molar-refractivity contribution in [3.05, 3.63) is 49.7 Å². The summed E-state index contributed by atoms with van der Waals surface area (Å²) in [6, 6.07) is 3.64. The van der Waals surface area contributed by atoms with Crippen molar-refractivity contribution in [2.45, 2.75) is 13.2 Å². The number of hydrogen-bond donors (Lipinski definition) is 1. The smallest absolute Gasteiger partial charge is 0.267 e. The number of rotatable bonds is 2. The summed E-state index contributed by atoms with van der Waals surface area (Å²) in [5, 5.41) is 0. The monoisotopic (exact) mass is 385 g/mol. The summed E-state index contributed by atoms with van der Waals surface area (Å²) in [4.78, 5) is 16.1. The second-order valence-corrected chi connectivity index (χ2v) is 5.62. The van der Waals surface area contributed by atoms with Crippen LogP contribution in [-0.2, 0) is 17.9 Å². The van der Waals surface area contributed by atoms with Crippen molar-refractivity contribution in [2.75, 3.05) is 12.5 Å². The molecule has 2 heterocycles. The van der Waals surface area contributed by atoms with E-state index in [-0.39, 0.29) is 12.4 Å². The third kappa shape index (κ3) is 2.50. The molecule has 2 N–H and O–H groups in total. The predicted octanol–water partition coefficient (Wildman–Crippen LogP) is 1.34. The molecule has 1 aliphatic heterocycles. The van der Waals surface area contributed by atoms with E-state index in [1.54, 1.807) is 6.20 Å². The SMILES string of the molecule is Nc1cc2c(c(Cn3cncc(I)c3=O)c1)OCOC2. The molecule has 0 aliphatic carbocycles. The van der Waals surface area contributed by atoms with Gasteiger partial charge in [-0.1, -0.05) is 0 Å². The minimum Gasteiger partial charge on any atom is -0.467 e. The fraction of sp³-hybridized carbons (Fsp3) is 0.231. The highest BCUT2D eigenvalue weighted by atomic mass is 127. The zero-order chi connectivity index (χ0) is 14.1. The van der Waals surface area contributed by atoms with E-state index in [0.717, 1.165) is 16.9 Å². The van der Waals surface area contributed by atoms with Gasteiger partial charge >= 0.3 is 0 Å². The number of hydrogen-bond acceptors (Lipinski definition) is 5. The molecule has 3 rings (SSSR count). The number of halogens is 1. The number of nitrogens with two attached hydrogens (primary N) is 1. The first kappa shape index (κ1) is 13.4. The van der Waals surface area contributed by atoms with Gasteiger partial charge in [0.25, 0.3) is 5.56 Å². The van der Waals surface area contributed by atoms with Crippen molar-refractivity contribution in [1.29, 1.82) is 0 Å². The van der Waals surface area contributed by atoms with Crippen molar-refractivity contribution in [3.8, 4) is 5.75 Å². The van der Waals surface area contributed by atoms with E-state index in [9.17, 15) is 4.79 Å². The maximum atomic E-state index is 12.0. The van der Waals surface area contributed by atoms with Crippen molar-refractivity contribution in [1.82, 2.24) is 9.55 Å². The van der Waals surface area contributed by atoms with E-state index in [2.05, 4.69) is 4.98 Å². The summed E-state index contributed by atoms with van der Waals surface area (Å²) in [5.74, 6) is 0.746. The van der Waals surface area contributed by atoms with Gasteiger partial charge < -0.3 is 15.2 Å². The molecule has 0 spiro atoms. The van der Waals surface area contributed by atoms with Crippen molar-refractivity contribution >= 4 is 28.3 Å². The third-order valence-corrected chi connectivity index (χ3v) is 3.75. The average Bonchev–Trinajstić information content (AvgIpc) is 2.43. The van der Waals surface area contributed by atoms with E-state index in [0.29, 0.717) is 22.4 Å². The van der Waals surface area contributed by atoms with Crippen LogP contribution in [0, 0.1) is 3.57 Å². The Balaban J connectivity index is 2.04. The van der Waals surface area contributed by atoms with Crippen LogP contribution in [0.15, 0.2) is 29.5 Å². The molecule has 0 fully saturated rings. The Labute approximate surface area is 128 Å². The molecular weight excluding hydrogens is 373 g/mol. The summed E-state index contributed by atoms with van der Waals surface area (Å²) in [6.07, 6.45) is 3.05. The second-order valence-electron chi connectivity index (χ2n) is 4.45. The first-order valence-electron chi connectivity index (χ1n) is 5.97. The van der Waals surface area contributed by atoms with Gasteiger partial charge in [-0.3, -0.25) is 9.36 Å². The lowest BCUT2D eigenvalue weighted by Gasteiger charge is -2.21. The topological polar surface area (TPSA) is 79.4 Å². The van der Waals surface area contributed by atoms with E-state index in [4.69, 9.17) is 15.2 Å². The van der Waals surface area contributed by atoms with E-state index >= 15 is 0 Å². The maximum absolute atomic E-state index is 12.0. The molecular formula is C13H12IN3O3. The second kappa shape index (κ2) is 5.41. The van der Waals surface area contributed by atoms with Crippen LogP contribution in [-0.4, -0.2) is 16.3 Å². The van der Waals surface area contributed by atoms with Crippen LogP contribution in [0.25, 0.3) is 0 Å². The van der Waals surface area contributed by atoms with Gasteiger partial charge in [-0.05, 0) is 34.7 Å². The molecule has 1 aromatic heterocycles. The van der Waals surface area contributed by atoms with Crippen LogP contribution < -0.4 is 16.0 Å². The predicted molar refractivity (Wildman–Crippen MR) is 81.5 cm³/mol. The van der Waals surface area contributed by atoms with Crippen molar-refractivity contribution < 1.29 is 9.47 Å². The molecule has 0 bridgehead atoms. The summed E-state index contributed by atoms with van der Waals surface area (Å²) in [6.45, 7) is 1.05. The van der Waals surface area contributed by atoms with Crippen LogP contribution in [0.2, 0.25) is 0 Å². The Morgan fingerprint density at radius 3 is 3.15 bits per heavy atom. The van der Waals surface area contributed by atoms with Gasteiger partial charge in [0.05, 0.1) is 23.0 Å². The van der Waals surface area contributed by atoms with Crippen LogP contribution in [0.4, 0.5) is 5.69 Å². The third-order valence-electron chi connectivity index (χ3n) is 3.01. The van der Waals surface area contributed by atoms with Crippen LogP contribution in [0.3, 0.4) is 0 Å². The molecule has 7 heteroatoms. The lowest BCUT2D eigenvalue weighted by Crippen LogP contribution is -2.24. The first-order chi connectivity index (χ1) is 9.65. The number of ether oxygens (including phenoxy) is 2. The van der Waals surface area contributed by atoms with Gasteiger partial charge in [-0.25, -0.2) is 4.98 Å². The van der Waals surface area contributed by atoms with Gasteiger partial charge in [0, 0.05) is 23.0 Å². The molecule has 0 saturated heterocycles. The van der Waals surface area contributed by atoms with Crippen LogP contribution in [0.1, 0.15) is 11.1 Å². The molecule has 0 saturated carbocycles. The van der Waals surface area contributed by atoms with Crippen LogP contribution in [0.5, 0.6) is 5.75 Å². The highest BCUT2D eigenvalue weighted by Crippen LogP contribution is 2.31. The molecule has 104 valence electrons. The summed E-state index contributed by atoms with van der Waals surface area (Å²) < 4.78 is 12.9. The Kier molecular flexibility index (Phi) is 3.62. The van der Waals surface area contributed by atoms with Gasteiger partial charge in [-0.2, -0.15) is 0 Å². The molecule has 1 aromatic carbocycles. The summed E-state index contributed by atoms with van der Waals surface area (Å²) >= 11 is 1.97. The molecule has 0 radical (unpaired) electrons. The normalized spacial score (nSPS) is 13.7. The molecule has 1 aliphatic rings. The Morgan fingerprint density at radius 2 is 2.30 bits per heavy atom. The highest BCUT2D eigenvalue weighted by Gasteiger charge is 2.17. The summed E-state index contributed by atoms with van der Waals surface area (Å²) in [7, 11) is 0. The van der Waals surface area contributed by atoms with E-state index in [1.807, 2.05) is 34.7 Å². The number of aromatic nitrogens is 2. The Hall–Kier alpha value is -1.61. The van der Waals surface area contributed by atoms with Crippen molar-refractivity contribution in [2.24, 2.45) is 0 Å². The summed E-state index contributed by atoms with van der Waals surface area (Å²) in [5.41, 5.74) is 8.19. The van der Waals surface area contributed by atoms with Gasteiger partial charge in [0.2, 0.25) is 0 Å². The average molecular weight is 385 g/mol. The van der Waals surface area contributed by atoms with Gasteiger partial charge in [0.15, 0.2) is 6.79 Å². The van der Waals surface area contributed by atoms with E-state index < -0.39 is 0 Å². The number of benzene rings is 1. The first-order valence-corrected chi connectivity index (χ1v) is 7.05. The maximum Gasteiger partial charge on any atom is 0.267 e. The fourth-order valence-electron chi connectivity index (χ4n) is 2.16. The highest BCUT2D eigenvalue weighted by molar-refractivity contribution is 14.1. The molecule has 20 heavy (non-hydrogen) atoms. The van der Waals surface area contributed by atoms with Gasteiger partial charge in [0.1, 0.15) is 5.75 Å². The lowest BCUT2D eigenvalue weighted by molar-refractivity contribution is -0.0170. The van der Waals surface area contributed by atoms with E-state index in [1.165, 1.54) is 10.9 Å². The Bertz CT molecular complexity index is 714. The zero-order valence-corrected chi connectivity index (χ0v) is 12.7. The molecule has 6 nitrogen and oxygen atoms in total. The molecule has 0 atom stereocenters. The minimum absolute atomic E-state index is 0.0798. The quantitative estimate of drug-likeness (QED) is 0.624. The largest absolute Gasteiger partial charge is 0.467 e. The lowest BCUT2D eigenvalue weighted by atomic mass is 10.1. The molecule has 0 amide bonds. The van der Waals surface area contributed by atoms with Crippen molar-refractivity contribution in [3.63, 3.8) is 0 Å². The fourth-order valence-corrected chi connectivity index (χ4v) is 2.63.